The van der Waals surface area contributed by atoms with Crippen molar-refractivity contribution in [2.24, 2.45) is 0 Å². The molecular weight excluding hydrogens is 316 g/mol. The molecule has 3 N–H and O–H groups in total. The van der Waals surface area contributed by atoms with Gasteiger partial charge in [0.05, 0.1) is 22.1 Å². The van der Waals surface area contributed by atoms with E-state index >= 15 is 0 Å². The Morgan fingerprint density at radius 3 is 1.56 bits per heavy atom. The number of rotatable bonds is 0. The average molecular weight is 328 g/mol. The summed E-state index contributed by atoms with van der Waals surface area (Å²) in [6, 6.07) is 15.1. The Morgan fingerprint density at radius 1 is 0.480 bits per heavy atom. The molecule has 1 aromatic heterocycles. The fraction of sp³-hybridized carbons (Fsp3) is 0. The smallest absolute Gasteiger partial charge is 0.117 e. The van der Waals surface area contributed by atoms with E-state index in [0.717, 1.165) is 21.5 Å². The van der Waals surface area contributed by atoms with Crippen LogP contribution in [0.5, 0.6) is 17.2 Å². The second kappa shape index (κ2) is 4.70. The molecule has 4 aromatic carbocycles. The quantitative estimate of drug-likeness (QED) is 0.293. The molecule has 0 unspecified atom stereocenters. The summed E-state index contributed by atoms with van der Waals surface area (Å²) in [5, 5.41) is 33.0. The van der Waals surface area contributed by atoms with Crippen LogP contribution in [0.1, 0.15) is 0 Å². The Morgan fingerprint density at radius 2 is 0.960 bits per heavy atom. The maximum atomic E-state index is 9.94. The first-order chi connectivity index (χ1) is 12.1. The Hall–Kier alpha value is -3.60. The molecule has 1 heterocycles. The van der Waals surface area contributed by atoms with Gasteiger partial charge in [-0.2, -0.15) is 0 Å². The summed E-state index contributed by atoms with van der Waals surface area (Å²) in [5.74, 6) is 0.413. The van der Waals surface area contributed by atoms with E-state index in [2.05, 4.69) is 4.98 Å². The van der Waals surface area contributed by atoms with E-state index in [9.17, 15) is 15.3 Å². The minimum absolute atomic E-state index is 0.117. The molecule has 5 nitrogen and oxygen atoms in total. The minimum Gasteiger partial charge on any atom is -0.508 e. The minimum atomic E-state index is 0.117. The summed E-state index contributed by atoms with van der Waals surface area (Å²) >= 11 is 0. The molecule has 0 radical (unpaired) electrons. The number of hydrogen-bond donors (Lipinski definition) is 3. The first-order valence-electron chi connectivity index (χ1n) is 7.78. The van der Waals surface area contributed by atoms with Gasteiger partial charge in [0.1, 0.15) is 17.2 Å². The van der Waals surface area contributed by atoms with Crippen molar-refractivity contribution in [2.45, 2.75) is 0 Å². The highest BCUT2D eigenvalue weighted by Gasteiger charge is 2.13. The lowest BCUT2D eigenvalue weighted by atomic mass is 9.99. The second-order valence-electron chi connectivity index (χ2n) is 6.05. The Labute approximate surface area is 141 Å². The zero-order chi connectivity index (χ0) is 17.1. The van der Waals surface area contributed by atoms with E-state index in [1.54, 1.807) is 42.5 Å². The Kier molecular flexibility index (Phi) is 2.60. The number of nitrogens with zero attached hydrogens (tertiary/aromatic N) is 2. The van der Waals surface area contributed by atoms with E-state index < -0.39 is 0 Å². The summed E-state index contributed by atoms with van der Waals surface area (Å²) < 4.78 is 0. The van der Waals surface area contributed by atoms with Crippen molar-refractivity contribution >= 4 is 43.6 Å². The van der Waals surface area contributed by atoms with Crippen LogP contribution in [0.4, 0.5) is 0 Å². The lowest BCUT2D eigenvalue weighted by molar-refractivity contribution is 0.475. The van der Waals surface area contributed by atoms with Crippen LogP contribution in [0.15, 0.2) is 54.6 Å². The molecule has 0 amide bonds. The van der Waals surface area contributed by atoms with Crippen molar-refractivity contribution < 1.29 is 15.3 Å². The molecule has 5 aromatic rings. The van der Waals surface area contributed by atoms with Gasteiger partial charge in [0.15, 0.2) is 0 Å². The van der Waals surface area contributed by atoms with Crippen molar-refractivity contribution in [2.75, 3.05) is 0 Å². The maximum Gasteiger partial charge on any atom is 0.117 e. The number of fused-ring (bicyclic) bond motifs is 7. The van der Waals surface area contributed by atoms with Crippen molar-refractivity contribution in [3.05, 3.63) is 54.6 Å². The number of aromatic nitrogens is 2. The number of hydrogen-bond acceptors (Lipinski definition) is 5. The molecular formula is C20H12N2O3. The summed E-state index contributed by atoms with van der Waals surface area (Å²) in [5.41, 5.74) is 2.47. The molecule has 5 heteroatoms. The number of aromatic hydroxyl groups is 3. The standard InChI is InChI=1S/C20H12N2O3/c23-10-1-4-13-14-5-2-11(24)8-16(14)20-19(15(13)7-10)21-17-6-3-12(25)9-18(17)22-20/h1-9,23-25H. The topological polar surface area (TPSA) is 86.5 Å². The highest BCUT2D eigenvalue weighted by molar-refractivity contribution is 6.24. The van der Waals surface area contributed by atoms with Gasteiger partial charge >= 0.3 is 0 Å². The van der Waals surface area contributed by atoms with Crippen LogP contribution in [0.3, 0.4) is 0 Å². The third-order valence-corrected chi connectivity index (χ3v) is 4.45. The van der Waals surface area contributed by atoms with Crippen LogP contribution >= 0.6 is 0 Å². The van der Waals surface area contributed by atoms with E-state index in [1.807, 2.05) is 12.1 Å². The molecule has 0 aliphatic heterocycles. The van der Waals surface area contributed by atoms with Crippen LogP contribution in [-0.4, -0.2) is 25.3 Å². The normalized spacial score (nSPS) is 11.7. The second-order valence-corrected chi connectivity index (χ2v) is 6.05. The van der Waals surface area contributed by atoms with Gasteiger partial charge in [-0.15, -0.1) is 0 Å². The highest BCUT2D eigenvalue weighted by atomic mass is 16.3. The fourth-order valence-corrected chi connectivity index (χ4v) is 3.34. The van der Waals surface area contributed by atoms with Gasteiger partial charge in [-0.05, 0) is 47.2 Å². The number of benzene rings is 4. The third-order valence-electron chi connectivity index (χ3n) is 4.45. The highest BCUT2D eigenvalue weighted by Crippen LogP contribution is 2.37. The zero-order valence-corrected chi connectivity index (χ0v) is 12.9. The SMILES string of the molecule is Oc1ccc2nc3c4cc(O)ccc4c4ccc(O)cc4c3nc2c1. The van der Waals surface area contributed by atoms with Gasteiger partial charge in [-0.3, -0.25) is 0 Å². The molecule has 0 saturated heterocycles. The third kappa shape index (κ3) is 1.96. The molecule has 0 bridgehead atoms. The van der Waals surface area contributed by atoms with Crippen molar-refractivity contribution in [3.8, 4) is 17.2 Å². The van der Waals surface area contributed by atoms with Gasteiger partial charge < -0.3 is 15.3 Å². The van der Waals surface area contributed by atoms with Gasteiger partial charge in [-0.1, -0.05) is 12.1 Å². The molecule has 0 fully saturated rings. The molecule has 0 atom stereocenters. The molecule has 0 aliphatic carbocycles. The van der Waals surface area contributed by atoms with Crippen LogP contribution < -0.4 is 0 Å². The van der Waals surface area contributed by atoms with Crippen LogP contribution in [0, 0.1) is 0 Å². The van der Waals surface area contributed by atoms with Gasteiger partial charge in [0, 0.05) is 16.8 Å². The average Bonchev–Trinajstić information content (AvgIpc) is 2.60. The van der Waals surface area contributed by atoms with Crippen molar-refractivity contribution in [1.29, 1.82) is 0 Å². The van der Waals surface area contributed by atoms with Gasteiger partial charge in [-0.25, -0.2) is 9.97 Å². The lowest BCUT2D eigenvalue weighted by Gasteiger charge is -2.11. The van der Waals surface area contributed by atoms with Crippen molar-refractivity contribution in [3.63, 3.8) is 0 Å². The molecule has 120 valence electrons. The number of phenolic OH excluding ortho intramolecular Hbond substituents is 3. The van der Waals surface area contributed by atoms with E-state index in [-0.39, 0.29) is 17.2 Å². The summed E-state index contributed by atoms with van der Waals surface area (Å²) in [6.45, 7) is 0. The van der Waals surface area contributed by atoms with Gasteiger partial charge in [0.2, 0.25) is 0 Å². The van der Waals surface area contributed by atoms with E-state index in [0.29, 0.717) is 22.1 Å². The van der Waals surface area contributed by atoms with E-state index in [1.165, 1.54) is 0 Å². The zero-order valence-electron chi connectivity index (χ0n) is 12.9. The summed E-state index contributed by atoms with van der Waals surface area (Å²) in [7, 11) is 0. The fourth-order valence-electron chi connectivity index (χ4n) is 3.34. The first kappa shape index (κ1) is 13.8. The monoisotopic (exact) mass is 328 g/mol. The molecule has 0 saturated carbocycles. The molecule has 5 rings (SSSR count). The summed E-state index contributed by atoms with van der Waals surface area (Å²) in [6.07, 6.45) is 0. The van der Waals surface area contributed by atoms with Gasteiger partial charge in [0.25, 0.3) is 0 Å². The summed E-state index contributed by atoms with van der Waals surface area (Å²) in [4.78, 5) is 9.37. The van der Waals surface area contributed by atoms with Crippen LogP contribution in [0.25, 0.3) is 43.6 Å². The molecule has 0 spiro atoms. The predicted molar refractivity (Wildman–Crippen MR) is 97.1 cm³/mol. The Bertz CT molecular complexity index is 1330. The lowest BCUT2D eigenvalue weighted by Crippen LogP contribution is -1.91. The maximum absolute atomic E-state index is 9.94. The van der Waals surface area contributed by atoms with Crippen molar-refractivity contribution in [1.82, 2.24) is 9.97 Å². The molecule has 25 heavy (non-hydrogen) atoms. The van der Waals surface area contributed by atoms with E-state index in [4.69, 9.17) is 4.98 Å². The van der Waals surface area contributed by atoms with Crippen LogP contribution in [0.2, 0.25) is 0 Å². The largest absolute Gasteiger partial charge is 0.508 e. The van der Waals surface area contributed by atoms with Crippen LogP contribution in [-0.2, 0) is 0 Å². The number of phenols is 3. The predicted octanol–water partition coefficient (Wildman–Crippen LogP) is 4.21. The molecule has 0 aliphatic rings. The Balaban J connectivity index is 2.12. The first-order valence-corrected chi connectivity index (χ1v) is 7.78.